The summed E-state index contributed by atoms with van der Waals surface area (Å²) in [4.78, 5) is 13.0. The Morgan fingerprint density at radius 3 is 2.50 bits per heavy atom. The van der Waals surface area contributed by atoms with Crippen molar-refractivity contribution in [1.29, 1.82) is 0 Å². The van der Waals surface area contributed by atoms with E-state index < -0.39 is 0 Å². The molecule has 96 valence electrons. The molecule has 2 aromatic heterocycles. The number of imidazole rings is 1. The van der Waals surface area contributed by atoms with Crippen LogP contribution in [0.3, 0.4) is 0 Å². The summed E-state index contributed by atoms with van der Waals surface area (Å²) in [5, 5.41) is 0.472. The highest BCUT2D eigenvalue weighted by Gasteiger charge is 2.13. The number of nitrogens with zero attached hydrogens (tertiary/aromatic N) is 4. The minimum absolute atomic E-state index is 0.313. The second-order valence-electron chi connectivity index (χ2n) is 4.87. The fourth-order valence-electron chi connectivity index (χ4n) is 1.73. The lowest BCUT2D eigenvalue weighted by Gasteiger charge is -2.12. The Morgan fingerprint density at radius 2 is 1.89 bits per heavy atom. The van der Waals surface area contributed by atoms with Gasteiger partial charge in [0.25, 0.3) is 0 Å². The molecule has 2 aromatic rings. The van der Waals surface area contributed by atoms with E-state index in [0.29, 0.717) is 22.9 Å². The minimum Gasteiger partial charge on any atom is -0.325 e. The Balaban J connectivity index is 2.53. The molecular formula is C13H17ClN4. The number of halogens is 1. The molecule has 0 atom stereocenters. The van der Waals surface area contributed by atoms with E-state index in [1.165, 1.54) is 0 Å². The molecular weight excluding hydrogens is 248 g/mol. The SMILES string of the molecule is CC(C)c1cc(Cl)nc(-c2cncn2C(C)C)n1. The average molecular weight is 265 g/mol. The van der Waals surface area contributed by atoms with Gasteiger partial charge in [-0.1, -0.05) is 25.4 Å². The lowest BCUT2D eigenvalue weighted by molar-refractivity contribution is 0.603. The smallest absolute Gasteiger partial charge is 0.179 e. The van der Waals surface area contributed by atoms with Crippen molar-refractivity contribution in [1.82, 2.24) is 19.5 Å². The number of hydrogen-bond acceptors (Lipinski definition) is 3. The van der Waals surface area contributed by atoms with Gasteiger partial charge in [-0.15, -0.1) is 0 Å². The van der Waals surface area contributed by atoms with Crippen LogP contribution in [0.5, 0.6) is 0 Å². The van der Waals surface area contributed by atoms with Crippen LogP contribution in [-0.2, 0) is 0 Å². The summed E-state index contributed by atoms with van der Waals surface area (Å²) in [6, 6.07) is 2.12. The van der Waals surface area contributed by atoms with E-state index in [9.17, 15) is 0 Å². The highest BCUT2D eigenvalue weighted by Crippen LogP contribution is 2.23. The lowest BCUT2D eigenvalue weighted by Crippen LogP contribution is -2.05. The molecule has 0 unspecified atom stereocenters. The molecule has 0 aliphatic carbocycles. The summed E-state index contributed by atoms with van der Waals surface area (Å²) >= 11 is 6.06. The number of rotatable bonds is 3. The summed E-state index contributed by atoms with van der Waals surface area (Å²) in [5.41, 5.74) is 1.84. The molecule has 2 rings (SSSR count). The molecule has 4 nitrogen and oxygen atoms in total. The van der Waals surface area contributed by atoms with Crippen LogP contribution in [0.2, 0.25) is 5.15 Å². The minimum atomic E-state index is 0.313. The molecule has 0 spiro atoms. The molecule has 0 bridgehead atoms. The van der Waals surface area contributed by atoms with Crippen LogP contribution in [0.1, 0.15) is 45.3 Å². The molecule has 5 heteroatoms. The van der Waals surface area contributed by atoms with Crippen molar-refractivity contribution in [2.24, 2.45) is 0 Å². The van der Waals surface area contributed by atoms with Crippen molar-refractivity contribution in [3.05, 3.63) is 29.4 Å². The summed E-state index contributed by atoms with van der Waals surface area (Å²) in [6.45, 7) is 8.36. The van der Waals surface area contributed by atoms with Gasteiger partial charge >= 0.3 is 0 Å². The quantitative estimate of drug-likeness (QED) is 0.794. The molecule has 0 saturated heterocycles. The van der Waals surface area contributed by atoms with Crippen LogP contribution in [0.4, 0.5) is 0 Å². The van der Waals surface area contributed by atoms with Gasteiger partial charge in [-0.2, -0.15) is 0 Å². The van der Waals surface area contributed by atoms with E-state index in [4.69, 9.17) is 11.6 Å². The second kappa shape index (κ2) is 5.06. The zero-order valence-electron chi connectivity index (χ0n) is 11.1. The van der Waals surface area contributed by atoms with Crippen LogP contribution in [0.15, 0.2) is 18.6 Å². The van der Waals surface area contributed by atoms with Crippen LogP contribution in [0, 0.1) is 0 Å². The third-order valence-corrected chi connectivity index (χ3v) is 2.95. The van der Waals surface area contributed by atoms with E-state index >= 15 is 0 Å². The molecule has 0 fully saturated rings. The molecule has 0 N–H and O–H groups in total. The fourth-order valence-corrected chi connectivity index (χ4v) is 1.93. The lowest BCUT2D eigenvalue weighted by atomic mass is 10.1. The molecule has 0 saturated carbocycles. The van der Waals surface area contributed by atoms with Gasteiger partial charge in [0.1, 0.15) is 10.8 Å². The molecule has 0 aromatic carbocycles. The maximum atomic E-state index is 6.06. The van der Waals surface area contributed by atoms with Gasteiger partial charge in [0.15, 0.2) is 5.82 Å². The summed E-state index contributed by atoms with van der Waals surface area (Å²) in [7, 11) is 0. The highest BCUT2D eigenvalue weighted by atomic mass is 35.5. The van der Waals surface area contributed by atoms with Crippen molar-refractivity contribution >= 4 is 11.6 Å². The molecule has 0 amide bonds. The summed E-state index contributed by atoms with van der Waals surface area (Å²) in [6.07, 6.45) is 3.56. The van der Waals surface area contributed by atoms with Crippen molar-refractivity contribution < 1.29 is 0 Å². The first kappa shape index (κ1) is 13.0. The van der Waals surface area contributed by atoms with E-state index in [1.54, 1.807) is 12.5 Å². The second-order valence-corrected chi connectivity index (χ2v) is 5.26. The van der Waals surface area contributed by atoms with Gasteiger partial charge in [0, 0.05) is 11.7 Å². The Hall–Kier alpha value is -1.42. The normalized spacial score (nSPS) is 11.5. The predicted octanol–water partition coefficient (Wildman–Crippen LogP) is 3.70. The molecule has 0 radical (unpaired) electrons. The van der Waals surface area contributed by atoms with E-state index in [2.05, 4.69) is 42.6 Å². The molecule has 2 heterocycles. The Morgan fingerprint density at radius 1 is 1.17 bits per heavy atom. The van der Waals surface area contributed by atoms with Crippen LogP contribution in [-0.4, -0.2) is 19.5 Å². The Kier molecular flexibility index (Phi) is 3.66. The van der Waals surface area contributed by atoms with Crippen molar-refractivity contribution in [2.45, 2.75) is 39.7 Å². The third kappa shape index (κ3) is 2.53. The maximum absolute atomic E-state index is 6.06. The zero-order chi connectivity index (χ0) is 13.3. The summed E-state index contributed by atoms with van der Waals surface area (Å²) in [5.74, 6) is 0.956. The van der Waals surface area contributed by atoms with Crippen LogP contribution >= 0.6 is 11.6 Å². The molecule has 0 aliphatic rings. The van der Waals surface area contributed by atoms with Crippen molar-refractivity contribution in [2.75, 3.05) is 0 Å². The van der Waals surface area contributed by atoms with Gasteiger partial charge in [-0.3, -0.25) is 0 Å². The van der Waals surface area contributed by atoms with Gasteiger partial charge < -0.3 is 4.57 Å². The highest BCUT2D eigenvalue weighted by molar-refractivity contribution is 6.29. The van der Waals surface area contributed by atoms with Crippen LogP contribution < -0.4 is 0 Å². The van der Waals surface area contributed by atoms with Crippen molar-refractivity contribution in [3.63, 3.8) is 0 Å². The van der Waals surface area contributed by atoms with Crippen LogP contribution in [0.25, 0.3) is 11.5 Å². The topological polar surface area (TPSA) is 43.6 Å². The monoisotopic (exact) mass is 264 g/mol. The van der Waals surface area contributed by atoms with Gasteiger partial charge in [0.05, 0.1) is 12.5 Å². The summed E-state index contributed by atoms with van der Waals surface area (Å²) < 4.78 is 2.04. The van der Waals surface area contributed by atoms with Gasteiger partial charge in [0.2, 0.25) is 0 Å². The fraction of sp³-hybridized carbons (Fsp3) is 0.462. The predicted molar refractivity (Wildman–Crippen MR) is 72.7 cm³/mol. The number of aromatic nitrogens is 4. The third-order valence-electron chi connectivity index (χ3n) is 2.76. The first-order valence-corrected chi connectivity index (χ1v) is 6.43. The average Bonchev–Trinajstić information content (AvgIpc) is 2.76. The van der Waals surface area contributed by atoms with Crippen molar-refractivity contribution in [3.8, 4) is 11.5 Å². The number of hydrogen-bond donors (Lipinski definition) is 0. The maximum Gasteiger partial charge on any atom is 0.179 e. The zero-order valence-corrected chi connectivity index (χ0v) is 11.8. The van der Waals surface area contributed by atoms with E-state index in [1.807, 2.05) is 10.6 Å². The van der Waals surface area contributed by atoms with Gasteiger partial charge in [-0.25, -0.2) is 15.0 Å². The Labute approximate surface area is 112 Å². The first-order valence-electron chi connectivity index (χ1n) is 6.05. The largest absolute Gasteiger partial charge is 0.325 e. The van der Waals surface area contributed by atoms with E-state index in [-0.39, 0.29) is 0 Å². The molecule has 0 aliphatic heterocycles. The standard InChI is InChI=1S/C13H17ClN4/c1-8(2)10-5-12(14)17-13(16-10)11-6-15-7-18(11)9(3)4/h5-9H,1-4H3. The first-order chi connectivity index (χ1) is 8.49. The molecule has 18 heavy (non-hydrogen) atoms. The Bertz CT molecular complexity index is 546. The van der Waals surface area contributed by atoms with Gasteiger partial charge in [-0.05, 0) is 25.8 Å². The van der Waals surface area contributed by atoms with E-state index in [0.717, 1.165) is 11.4 Å².